The SMILES string of the molecule is COc1cc(C=C2SC(=Nc3ccccc3)N(N(C)C)C2=O)ccc1OCc1cccc2ccccc12. The molecule has 0 aliphatic carbocycles. The molecule has 0 atom stereocenters. The molecule has 0 unspecified atom stereocenters. The summed E-state index contributed by atoms with van der Waals surface area (Å²) in [4.78, 5) is 18.5. The number of benzene rings is 4. The average Bonchev–Trinajstić information content (AvgIpc) is 3.22. The summed E-state index contributed by atoms with van der Waals surface area (Å²) in [5.41, 5.74) is 2.73. The molecule has 37 heavy (non-hydrogen) atoms. The number of methoxy groups -OCH3 is 1. The Morgan fingerprint density at radius 3 is 2.46 bits per heavy atom. The monoisotopic (exact) mass is 509 g/mol. The number of fused-ring (bicyclic) bond motifs is 1. The first-order valence-corrected chi connectivity index (χ1v) is 12.7. The molecule has 4 aromatic rings. The summed E-state index contributed by atoms with van der Waals surface area (Å²) in [6.45, 7) is 0.420. The standard InChI is InChI=1S/C30H27N3O3S/c1-32(2)33-29(34)28(37-30(33)31-24-13-5-4-6-14-24)19-21-16-17-26(27(18-21)35-3)36-20-23-12-9-11-22-10-7-8-15-25(22)23/h4-19H,20H2,1-3H3. The zero-order chi connectivity index (χ0) is 25.8. The van der Waals surface area contributed by atoms with E-state index in [1.54, 1.807) is 17.1 Å². The van der Waals surface area contributed by atoms with Gasteiger partial charge in [0.25, 0.3) is 5.91 Å². The summed E-state index contributed by atoms with van der Waals surface area (Å²) in [6.07, 6.45) is 1.86. The lowest BCUT2D eigenvalue weighted by Crippen LogP contribution is -2.40. The van der Waals surface area contributed by atoms with Crippen LogP contribution >= 0.6 is 11.8 Å². The van der Waals surface area contributed by atoms with E-state index < -0.39 is 0 Å². The largest absolute Gasteiger partial charge is 0.493 e. The van der Waals surface area contributed by atoms with Gasteiger partial charge in [-0.3, -0.25) is 4.79 Å². The number of amidine groups is 1. The molecule has 1 saturated heterocycles. The zero-order valence-electron chi connectivity index (χ0n) is 20.9. The maximum atomic E-state index is 13.2. The Morgan fingerprint density at radius 2 is 1.68 bits per heavy atom. The predicted molar refractivity (Wildman–Crippen MR) is 151 cm³/mol. The van der Waals surface area contributed by atoms with Gasteiger partial charge in [-0.2, -0.15) is 0 Å². The molecule has 0 radical (unpaired) electrons. The Labute approximate surface area is 220 Å². The second kappa shape index (κ2) is 10.9. The highest BCUT2D eigenvalue weighted by atomic mass is 32.2. The number of carbonyl (C=O) groups excluding carboxylic acids is 1. The van der Waals surface area contributed by atoms with Crippen molar-refractivity contribution < 1.29 is 14.3 Å². The second-order valence-corrected chi connectivity index (χ2v) is 9.65. The van der Waals surface area contributed by atoms with Crippen molar-refractivity contribution >= 4 is 45.4 Å². The van der Waals surface area contributed by atoms with Crippen LogP contribution in [0, 0.1) is 0 Å². The fraction of sp³-hybridized carbons (Fsp3) is 0.133. The molecule has 0 N–H and O–H groups in total. The third-order valence-corrected chi connectivity index (χ3v) is 6.87. The molecule has 0 saturated carbocycles. The van der Waals surface area contributed by atoms with Crippen LogP contribution in [0.25, 0.3) is 16.8 Å². The maximum absolute atomic E-state index is 13.2. The van der Waals surface area contributed by atoms with Crippen LogP contribution in [0.5, 0.6) is 11.5 Å². The lowest BCUT2D eigenvalue weighted by atomic mass is 10.1. The summed E-state index contributed by atoms with van der Waals surface area (Å²) < 4.78 is 11.8. The molecule has 0 aromatic heterocycles. The summed E-state index contributed by atoms with van der Waals surface area (Å²) in [5, 5.41) is 6.26. The van der Waals surface area contributed by atoms with E-state index in [-0.39, 0.29) is 5.91 Å². The smallest absolute Gasteiger partial charge is 0.281 e. The fourth-order valence-electron chi connectivity index (χ4n) is 4.12. The number of aliphatic imine (C=N–C) groups is 1. The van der Waals surface area contributed by atoms with E-state index in [4.69, 9.17) is 9.47 Å². The molecule has 4 aromatic carbocycles. The predicted octanol–water partition coefficient (Wildman–Crippen LogP) is 6.51. The van der Waals surface area contributed by atoms with Crippen molar-refractivity contribution in [3.8, 4) is 11.5 Å². The second-order valence-electron chi connectivity index (χ2n) is 8.64. The molecule has 1 fully saturated rings. The number of rotatable bonds is 7. The van der Waals surface area contributed by atoms with Crippen molar-refractivity contribution in [2.75, 3.05) is 21.2 Å². The minimum Gasteiger partial charge on any atom is -0.493 e. The molecule has 1 aliphatic heterocycles. The number of nitrogens with zero attached hydrogens (tertiary/aromatic N) is 3. The van der Waals surface area contributed by atoms with Gasteiger partial charge in [0.1, 0.15) is 6.61 Å². The van der Waals surface area contributed by atoms with Crippen LogP contribution in [0.3, 0.4) is 0 Å². The summed E-state index contributed by atoms with van der Waals surface area (Å²) >= 11 is 1.34. The molecular formula is C30H27N3O3S. The highest BCUT2D eigenvalue weighted by Gasteiger charge is 2.35. The van der Waals surface area contributed by atoms with E-state index in [2.05, 4.69) is 29.3 Å². The van der Waals surface area contributed by atoms with E-state index in [1.165, 1.54) is 22.5 Å². The number of hydrogen-bond donors (Lipinski definition) is 0. The highest BCUT2D eigenvalue weighted by Crippen LogP contribution is 2.36. The topological polar surface area (TPSA) is 54.4 Å². The lowest BCUT2D eigenvalue weighted by Gasteiger charge is -2.22. The van der Waals surface area contributed by atoms with Crippen LogP contribution in [0.15, 0.2) is 101 Å². The van der Waals surface area contributed by atoms with E-state index >= 15 is 0 Å². The number of thioether (sulfide) groups is 1. The van der Waals surface area contributed by atoms with Gasteiger partial charge in [0.15, 0.2) is 16.7 Å². The Hall–Kier alpha value is -4.07. The number of carbonyl (C=O) groups is 1. The van der Waals surface area contributed by atoms with Crippen LogP contribution in [-0.2, 0) is 11.4 Å². The molecular weight excluding hydrogens is 482 g/mol. The molecule has 186 valence electrons. The number of para-hydroxylation sites is 1. The van der Waals surface area contributed by atoms with Crippen molar-refractivity contribution in [1.29, 1.82) is 0 Å². The van der Waals surface area contributed by atoms with Gasteiger partial charge in [0, 0.05) is 14.1 Å². The van der Waals surface area contributed by atoms with Crippen molar-refractivity contribution in [3.05, 3.63) is 107 Å². The van der Waals surface area contributed by atoms with E-state index in [1.807, 2.05) is 86.9 Å². The van der Waals surface area contributed by atoms with Crippen LogP contribution in [0.4, 0.5) is 5.69 Å². The lowest BCUT2D eigenvalue weighted by molar-refractivity contribution is -0.130. The summed E-state index contributed by atoms with van der Waals surface area (Å²) in [6, 6.07) is 29.8. The third-order valence-electron chi connectivity index (χ3n) is 5.92. The third kappa shape index (κ3) is 5.38. The molecule has 5 rings (SSSR count). The molecule has 0 bridgehead atoms. The number of amides is 1. The molecule has 0 spiro atoms. The Kier molecular flexibility index (Phi) is 7.25. The molecule has 1 heterocycles. The van der Waals surface area contributed by atoms with Crippen LogP contribution in [0.1, 0.15) is 11.1 Å². The van der Waals surface area contributed by atoms with Crippen molar-refractivity contribution in [2.24, 2.45) is 4.99 Å². The van der Waals surface area contributed by atoms with Gasteiger partial charge in [-0.05, 0) is 64.0 Å². The summed E-state index contributed by atoms with van der Waals surface area (Å²) in [5.74, 6) is 1.12. The van der Waals surface area contributed by atoms with Crippen LogP contribution < -0.4 is 9.47 Å². The maximum Gasteiger partial charge on any atom is 0.281 e. The highest BCUT2D eigenvalue weighted by molar-refractivity contribution is 8.18. The Bertz CT molecular complexity index is 1490. The molecule has 1 amide bonds. The van der Waals surface area contributed by atoms with E-state index in [9.17, 15) is 4.79 Å². The van der Waals surface area contributed by atoms with Crippen molar-refractivity contribution in [3.63, 3.8) is 0 Å². The van der Waals surface area contributed by atoms with Crippen LogP contribution in [-0.4, -0.2) is 42.3 Å². The van der Waals surface area contributed by atoms with E-state index in [0.29, 0.717) is 28.2 Å². The van der Waals surface area contributed by atoms with Crippen LogP contribution in [0.2, 0.25) is 0 Å². The fourth-order valence-corrected chi connectivity index (χ4v) is 5.17. The van der Waals surface area contributed by atoms with Gasteiger partial charge in [0.05, 0.1) is 17.7 Å². The van der Waals surface area contributed by atoms with Gasteiger partial charge in [-0.25, -0.2) is 15.0 Å². The minimum absolute atomic E-state index is 0.125. The number of ether oxygens (including phenoxy) is 2. The number of hydrazine groups is 1. The van der Waals surface area contributed by atoms with Crippen molar-refractivity contribution in [1.82, 2.24) is 10.0 Å². The van der Waals surface area contributed by atoms with Crippen molar-refractivity contribution in [2.45, 2.75) is 6.61 Å². The first-order chi connectivity index (χ1) is 18.0. The minimum atomic E-state index is -0.125. The van der Waals surface area contributed by atoms with Gasteiger partial charge in [-0.15, -0.1) is 0 Å². The number of hydrogen-bond acceptors (Lipinski definition) is 6. The van der Waals surface area contributed by atoms with Gasteiger partial charge < -0.3 is 9.47 Å². The average molecular weight is 510 g/mol. The normalized spacial score (nSPS) is 15.8. The first-order valence-electron chi connectivity index (χ1n) is 11.9. The van der Waals surface area contributed by atoms with Gasteiger partial charge >= 0.3 is 0 Å². The Balaban J connectivity index is 1.38. The first kappa shape index (κ1) is 24.6. The quantitative estimate of drug-likeness (QED) is 0.266. The summed E-state index contributed by atoms with van der Waals surface area (Å²) in [7, 11) is 5.27. The Morgan fingerprint density at radius 1 is 0.919 bits per heavy atom. The van der Waals surface area contributed by atoms with E-state index in [0.717, 1.165) is 16.8 Å². The van der Waals surface area contributed by atoms with Gasteiger partial charge in [-0.1, -0.05) is 66.7 Å². The molecule has 6 nitrogen and oxygen atoms in total. The molecule has 1 aliphatic rings. The zero-order valence-corrected chi connectivity index (χ0v) is 21.7. The van der Waals surface area contributed by atoms with Gasteiger partial charge in [0.2, 0.25) is 0 Å². The molecule has 7 heteroatoms.